The number of ether oxygens (including phenoxy) is 2. The number of β-amino-alcohol motifs (C(OH)–C–C–N with tert-alkyl or cyclic N) is 1. The van der Waals surface area contributed by atoms with Gasteiger partial charge in [-0.2, -0.15) is 20.4 Å². The third-order valence-electron chi connectivity index (χ3n) is 17.1. The van der Waals surface area contributed by atoms with Crippen molar-refractivity contribution in [3.63, 3.8) is 0 Å². The normalized spacial score (nSPS) is 14.4. The Morgan fingerprint density at radius 2 is 0.943 bits per heavy atom. The van der Waals surface area contributed by atoms with E-state index in [-0.39, 0.29) is 21.5 Å². The summed E-state index contributed by atoms with van der Waals surface area (Å²) in [7, 11) is 11.4. The number of piperazine rings is 2. The third kappa shape index (κ3) is 12.2. The average molecular weight is 1170 g/mol. The first-order valence-electron chi connectivity index (χ1n) is 29.5. The molecule has 2 saturated heterocycles. The lowest BCUT2D eigenvalue weighted by molar-refractivity contribution is 0.189. The molecule has 450 valence electrons. The van der Waals surface area contributed by atoms with Crippen molar-refractivity contribution in [2.24, 2.45) is 28.2 Å². The Kier molecular flexibility index (Phi) is 17.8. The summed E-state index contributed by atoms with van der Waals surface area (Å²) in [5, 5.41) is 31.1. The van der Waals surface area contributed by atoms with Crippen LogP contribution in [0.3, 0.4) is 0 Å². The fourth-order valence-electron chi connectivity index (χ4n) is 12.6. The highest BCUT2D eigenvalue weighted by molar-refractivity contribution is 5.86. The number of hydrogen-bond acceptors (Lipinski definition) is 15. The molecule has 0 unspecified atom stereocenters. The van der Waals surface area contributed by atoms with Crippen molar-refractivity contribution in [1.29, 1.82) is 0 Å². The summed E-state index contributed by atoms with van der Waals surface area (Å²) in [6.45, 7) is 8.68. The zero-order valence-corrected chi connectivity index (χ0v) is 49.3. The Morgan fingerprint density at radius 3 is 1.36 bits per heavy atom. The minimum atomic E-state index is 0. The van der Waals surface area contributed by atoms with E-state index in [1.807, 2.05) is 84.1 Å². The number of benzene rings is 4. The van der Waals surface area contributed by atoms with E-state index in [4.69, 9.17) is 39.6 Å². The predicted molar refractivity (Wildman–Crippen MR) is 344 cm³/mol. The van der Waals surface area contributed by atoms with Gasteiger partial charge in [0.15, 0.2) is 0 Å². The number of hydrogen-bond donors (Lipinski definition) is 2. The molecule has 10 aromatic rings. The van der Waals surface area contributed by atoms with Crippen LogP contribution in [0.15, 0.2) is 122 Å². The fourth-order valence-corrected chi connectivity index (χ4v) is 12.6. The van der Waals surface area contributed by atoms with Gasteiger partial charge in [-0.1, -0.05) is 75.5 Å². The molecule has 4 aromatic carbocycles. The Hall–Kier alpha value is -9.04. The van der Waals surface area contributed by atoms with Crippen molar-refractivity contribution in [3.05, 3.63) is 167 Å². The lowest BCUT2D eigenvalue weighted by Crippen LogP contribution is -2.47. The first kappa shape index (κ1) is 59.7. The van der Waals surface area contributed by atoms with Crippen molar-refractivity contribution in [1.82, 2.24) is 69.3 Å². The van der Waals surface area contributed by atoms with Crippen LogP contribution < -0.4 is 24.6 Å². The van der Waals surface area contributed by atoms with Crippen LogP contribution in [0.1, 0.15) is 60.1 Å². The summed E-state index contributed by atoms with van der Waals surface area (Å²) in [5.41, 5.74) is 22.0. The van der Waals surface area contributed by atoms with Crippen LogP contribution in [0.25, 0.3) is 67.3 Å². The lowest BCUT2D eigenvalue weighted by Gasteiger charge is -2.36. The average Bonchev–Trinajstić information content (AvgIpc) is 1.94. The molecule has 19 heteroatoms. The topological polar surface area (TPSA) is 183 Å². The van der Waals surface area contributed by atoms with Gasteiger partial charge in [-0.25, -0.2) is 19.9 Å². The molecule has 14 rings (SSSR count). The van der Waals surface area contributed by atoms with E-state index in [1.165, 1.54) is 11.3 Å². The van der Waals surface area contributed by atoms with Gasteiger partial charge in [-0.05, 0) is 60.1 Å². The predicted octanol–water partition coefficient (Wildman–Crippen LogP) is 9.08. The molecule has 4 aliphatic rings. The number of nitrogens with zero attached hydrogens (tertiary/aromatic N) is 15. The van der Waals surface area contributed by atoms with Crippen molar-refractivity contribution in [2.75, 3.05) is 89.5 Å². The molecule has 8 heterocycles. The Morgan fingerprint density at radius 1 is 0.506 bits per heavy atom. The SMILES string of the molecule is C.C.COc1cc(N2CCN(CCO)CC2)ccc1Cc1ncc2c(n1)-c1c(nn(C)c1-c1ccc(-c3cnn(C)c3)cc1)CC2.COc1cc(N2CCNCC2)ccc1Cc1ncc2c(n1)-c1c(nn(C)c1-c1ccc(-c3cnn(C)c3)cc1)CC2. The molecule has 0 spiro atoms. The summed E-state index contributed by atoms with van der Waals surface area (Å²) in [4.78, 5) is 27.0. The molecule has 87 heavy (non-hydrogen) atoms. The number of aliphatic hydroxyl groups excluding tert-OH is 1. The first-order chi connectivity index (χ1) is 41.6. The smallest absolute Gasteiger partial charge is 0.133 e. The highest BCUT2D eigenvalue weighted by atomic mass is 16.5. The molecule has 0 bridgehead atoms. The Balaban J connectivity index is 0.000000177. The number of anilines is 2. The molecule has 2 aliphatic heterocycles. The molecule has 2 fully saturated rings. The summed E-state index contributed by atoms with van der Waals surface area (Å²) in [6.07, 6.45) is 16.5. The van der Waals surface area contributed by atoms with Crippen molar-refractivity contribution >= 4 is 11.4 Å². The van der Waals surface area contributed by atoms with Gasteiger partial charge in [-0.15, -0.1) is 0 Å². The Bertz CT molecular complexity index is 4020. The van der Waals surface area contributed by atoms with Crippen LogP contribution in [0.2, 0.25) is 0 Å². The van der Waals surface area contributed by atoms with Gasteiger partial charge >= 0.3 is 0 Å². The largest absolute Gasteiger partial charge is 0.496 e. The highest BCUT2D eigenvalue weighted by Crippen LogP contribution is 2.42. The highest BCUT2D eigenvalue weighted by Gasteiger charge is 2.30. The molecule has 2 N–H and O–H groups in total. The molecular weight excluding hydrogens is 1090 g/mol. The molecular formula is C68H80N16O3. The lowest BCUT2D eigenvalue weighted by atomic mass is 9.91. The van der Waals surface area contributed by atoms with E-state index < -0.39 is 0 Å². The van der Waals surface area contributed by atoms with Gasteiger partial charge in [0, 0.05) is 193 Å². The van der Waals surface area contributed by atoms with Crippen LogP contribution in [0.4, 0.5) is 11.4 Å². The van der Waals surface area contributed by atoms with Crippen LogP contribution in [0, 0.1) is 0 Å². The van der Waals surface area contributed by atoms with E-state index in [0.29, 0.717) is 12.8 Å². The molecule has 19 nitrogen and oxygen atoms in total. The summed E-state index contributed by atoms with van der Waals surface area (Å²) >= 11 is 0. The maximum Gasteiger partial charge on any atom is 0.133 e. The zero-order valence-electron chi connectivity index (χ0n) is 49.3. The van der Waals surface area contributed by atoms with Crippen LogP contribution >= 0.6 is 0 Å². The zero-order chi connectivity index (χ0) is 58.1. The van der Waals surface area contributed by atoms with Crippen molar-refractivity contribution in [2.45, 2.75) is 53.4 Å². The third-order valence-corrected chi connectivity index (χ3v) is 17.1. The maximum absolute atomic E-state index is 9.26. The second-order valence-electron chi connectivity index (χ2n) is 22.5. The summed E-state index contributed by atoms with van der Waals surface area (Å²) in [5.74, 6) is 3.27. The van der Waals surface area contributed by atoms with E-state index in [2.05, 4.69) is 115 Å². The number of aromatic nitrogens is 12. The summed E-state index contributed by atoms with van der Waals surface area (Å²) in [6, 6.07) is 30.2. The van der Waals surface area contributed by atoms with E-state index >= 15 is 0 Å². The molecule has 2 aliphatic carbocycles. The molecule has 0 radical (unpaired) electrons. The minimum absolute atomic E-state index is 0. The van der Waals surface area contributed by atoms with E-state index in [0.717, 1.165) is 209 Å². The van der Waals surface area contributed by atoms with Crippen molar-refractivity contribution < 1.29 is 14.6 Å². The number of rotatable bonds is 14. The van der Waals surface area contributed by atoms with Gasteiger partial charge in [0.1, 0.15) is 23.1 Å². The standard InChI is InChI=1S/C34H38N8O2.C32H34N8O.2CH4/c1-39-22-27(21-36-39)23-4-6-24(7-5-23)34-32-29(38-40(34)2)11-9-26-20-35-31(37-33(26)32)18-25-8-10-28(19-30(25)44-3)42-14-12-41(13-15-42)16-17-43;1-38-20-25(19-35-38)21-4-6-22(7-5-21)32-30-27(37-39(32)2)11-9-24-18-34-29(36-31(24)30)16-23-8-10-26(17-28(23)41-3)40-14-12-33-13-15-40;;/h4-8,10,19-22,43H,9,11-18H2,1-3H3;4-8,10,17-20,33H,9,11-16H2,1-3H3;2*1H4. The number of aliphatic hydroxyl groups is 1. The van der Waals surface area contributed by atoms with Gasteiger partial charge < -0.3 is 29.7 Å². The molecule has 0 saturated carbocycles. The maximum atomic E-state index is 9.26. The van der Waals surface area contributed by atoms with Crippen LogP contribution in [-0.2, 0) is 66.7 Å². The van der Waals surface area contributed by atoms with Gasteiger partial charge in [0.2, 0.25) is 0 Å². The number of fused-ring (bicyclic) bond motifs is 6. The number of nitrogens with one attached hydrogen (secondary N) is 1. The quantitative estimate of drug-likeness (QED) is 0.105. The van der Waals surface area contributed by atoms with E-state index in [9.17, 15) is 5.11 Å². The van der Waals surface area contributed by atoms with E-state index in [1.54, 1.807) is 14.2 Å². The monoisotopic (exact) mass is 1170 g/mol. The second kappa shape index (κ2) is 25.9. The number of aryl methyl sites for hydroxylation is 8. The molecule has 0 amide bonds. The number of methoxy groups -OCH3 is 2. The van der Waals surface area contributed by atoms with Gasteiger partial charge in [0.25, 0.3) is 0 Å². The minimum Gasteiger partial charge on any atom is -0.496 e. The Labute approximate surface area is 510 Å². The molecule has 0 atom stereocenters. The van der Waals surface area contributed by atoms with Gasteiger partial charge in [-0.3, -0.25) is 23.6 Å². The second-order valence-corrected chi connectivity index (χ2v) is 22.5. The summed E-state index contributed by atoms with van der Waals surface area (Å²) < 4.78 is 19.3. The first-order valence-corrected chi connectivity index (χ1v) is 29.5. The van der Waals surface area contributed by atoms with Crippen LogP contribution in [0.5, 0.6) is 11.5 Å². The van der Waals surface area contributed by atoms with Crippen molar-refractivity contribution in [3.8, 4) is 78.8 Å². The molecule has 6 aromatic heterocycles. The van der Waals surface area contributed by atoms with Gasteiger partial charge in [0.05, 0.1) is 67.4 Å². The fraction of sp³-hybridized carbons (Fsp3) is 0.353. The van der Waals surface area contributed by atoms with Crippen LogP contribution in [-0.4, -0.2) is 149 Å².